The number of nitrogen functional groups attached to an aromatic ring is 2. The number of phenolic OH excluding ortho intramolecular Hbond substituents is 2. The van der Waals surface area contributed by atoms with Crippen LogP contribution in [0.25, 0.3) is 33.7 Å². The second-order valence-electron chi connectivity index (χ2n) is 12.8. The molecule has 6 rings (SSSR count). The normalized spacial score (nSPS) is 13.3. The quantitative estimate of drug-likeness (QED) is 0.0320. The Bertz CT molecular complexity index is 3600. The molecule has 23 nitrogen and oxygen atoms in total. The lowest BCUT2D eigenvalue weighted by Gasteiger charge is -2.12. The minimum Gasteiger partial charge on any atom is -0.505 e. The van der Waals surface area contributed by atoms with E-state index in [4.69, 9.17) is 11.5 Å². The van der Waals surface area contributed by atoms with E-state index >= 15 is 0 Å². The van der Waals surface area contributed by atoms with Crippen molar-refractivity contribution in [2.75, 3.05) is 11.5 Å². The van der Waals surface area contributed by atoms with E-state index in [0.29, 0.717) is 12.1 Å². The SMILES string of the molecule is Nc1ccc2cc(S(=O)(=O)O)c(N=Nc3ccc(/C=C/c4ccc(N=Nc5c(S(=O)(=O)O)cc6cc(S(=O)(=O)O)cc(N)c6c5O)cc4S(=O)(=O)O)c(S(=O)(=O)O)c3)c(O)c2c1. The zero-order valence-electron chi connectivity index (χ0n) is 30.4. The molecule has 0 unspecified atom stereocenters. The molecular formula is C34H26N6O17S5. The van der Waals surface area contributed by atoms with Gasteiger partial charge in [0.05, 0.1) is 16.3 Å². The van der Waals surface area contributed by atoms with E-state index in [0.717, 1.165) is 60.7 Å². The summed E-state index contributed by atoms with van der Waals surface area (Å²) in [5, 5.41) is 35.9. The highest BCUT2D eigenvalue weighted by Crippen LogP contribution is 2.45. The third kappa shape index (κ3) is 9.37. The zero-order chi connectivity index (χ0) is 45.9. The van der Waals surface area contributed by atoms with Gasteiger partial charge in [-0.2, -0.15) is 52.3 Å². The Kier molecular flexibility index (Phi) is 11.5. The van der Waals surface area contributed by atoms with Crippen molar-refractivity contribution in [2.45, 2.75) is 24.5 Å². The van der Waals surface area contributed by atoms with Crippen molar-refractivity contribution in [2.24, 2.45) is 20.5 Å². The van der Waals surface area contributed by atoms with E-state index in [-0.39, 0.29) is 44.0 Å². The molecule has 324 valence electrons. The Morgan fingerprint density at radius 1 is 0.452 bits per heavy atom. The van der Waals surface area contributed by atoms with Crippen molar-refractivity contribution < 1.29 is 75.1 Å². The number of anilines is 2. The summed E-state index contributed by atoms with van der Waals surface area (Å²) < 4.78 is 171. The lowest BCUT2D eigenvalue weighted by Crippen LogP contribution is -2.02. The van der Waals surface area contributed by atoms with Crippen LogP contribution in [0, 0.1) is 0 Å². The Labute approximate surface area is 349 Å². The summed E-state index contributed by atoms with van der Waals surface area (Å²) in [6.07, 6.45) is 1.95. The summed E-state index contributed by atoms with van der Waals surface area (Å²) in [6, 6.07) is 12.8. The molecule has 0 bridgehead atoms. The van der Waals surface area contributed by atoms with Gasteiger partial charge >= 0.3 is 0 Å². The van der Waals surface area contributed by atoms with Crippen molar-refractivity contribution in [3.8, 4) is 11.5 Å². The standard InChI is InChI=1S/C34H26N6O17S5/c35-20-6-3-18-10-28(61(52,53)54)31(33(41)24(18)12-20)39-37-21-7-4-16(26(13-21)59(46,47)48)1-2-17-5-8-22(14-27(17)60(49,50)51)38-40-32-29(62(55,56)57)11-19-9-23(58(43,44)45)15-25(36)30(19)34(32)42/h1-15,41-42H,35-36H2,(H,43,44,45)(H,46,47,48)(H,49,50,51)(H,52,53,54)(H,55,56,57)/b2-1+,39-37?,40-38?. The summed E-state index contributed by atoms with van der Waals surface area (Å²) in [5.74, 6) is -1.81. The van der Waals surface area contributed by atoms with Gasteiger partial charge in [0.25, 0.3) is 50.6 Å². The molecule has 0 fully saturated rings. The fraction of sp³-hybridized carbons (Fsp3) is 0. The van der Waals surface area contributed by atoms with Gasteiger partial charge in [0.2, 0.25) is 0 Å². The number of benzene rings is 6. The lowest BCUT2D eigenvalue weighted by molar-refractivity contribution is 0.471. The number of phenols is 2. The minimum atomic E-state index is -5.26. The van der Waals surface area contributed by atoms with Crippen LogP contribution >= 0.6 is 0 Å². The molecule has 28 heteroatoms. The number of hydrogen-bond acceptors (Lipinski definition) is 18. The summed E-state index contributed by atoms with van der Waals surface area (Å²) >= 11 is 0. The van der Waals surface area contributed by atoms with Crippen LogP contribution in [0.4, 0.5) is 34.1 Å². The number of hydrogen-bond donors (Lipinski definition) is 9. The summed E-state index contributed by atoms with van der Waals surface area (Å²) in [5.41, 5.74) is 8.15. The largest absolute Gasteiger partial charge is 0.505 e. The van der Waals surface area contributed by atoms with Crippen LogP contribution in [-0.2, 0) is 50.6 Å². The van der Waals surface area contributed by atoms with Gasteiger partial charge in [0.1, 0.15) is 31.0 Å². The van der Waals surface area contributed by atoms with Gasteiger partial charge in [-0.25, -0.2) is 0 Å². The first-order valence-corrected chi connectivity index (χ1v) is 23.6. The van der Waals surface area contributed by atoms with Crippen molar-refractivity contribution in [3.63, 3.8) is 0 Å². The van der Waals surface area contributed by atoms with Crippen LogP contribution in [-0.4, -0.2) is 75.1 Å². The van der Waals surface area contributed by atoms with Crippen LogP contribution in [0.15, 0.2) is 124 Å². The molecule has 0 atom stereocenters. The number of nitrogens with zero attached hydrogens (tertiary/aromatic N) is 4. The van der Waals surface area contributed by atoms with Crippen LogP contribution in [0.1, 0.15) is 11.1 Å². The van der Waals surface area contributed by atoms with Gasteiger partial charge in [-0.05, 0) is 82.6 Å². The van der Waals surface area contributed by atoms with Gasteiger partial charge in [0, 0.05) is 22.1 Å². The summed E-state index contributed by atoms with van der Waals surface area (Å²) in [4.78, 5) is -4.53. The second kappa shape index (κ2) is 15.8. The van der Waals surface area contributed by atoms with E-state index in [2.05, 4.69) is 20.5 Å². The van der Waals surface area contributed by atoms with E-state index < -0.39 is 109 Å². The Morgan fingerprint density at radius 2 is 0.903 bits per heavy atom. The van der Waals surface area contributed by atoms with Crippen LogP contribution in [0.5, 0.6) is 11.5 Å². The van der Waals surface area contributed by atoms with Gasteiger partial charge in [-0.15, -0.1) is 10.2 Å². The first-order chi connectivity index (χ1) is 28.5. The van der Waals surface area contributed by atoms with Crippen LogP contribution < -0.4 is 11.5 Å². The van der Waals surface area contributed by atoms with E-state index in [1.54, 1.807) is 0 Å². The minimum absolute atomic E-state index is 0.0214. The Hall–Kier alpha value is -6.47. The average Bonchev–Trinajstić information content (AvgIpc) is 3.14. The van der Waals surface area contributed by atoms with Crippen molar-refractivity contribution in [3.05, 3.63) is 90.0 Å². The molecular weight excluding hydrogens is 925 g/mol. The third-order valence-corrected chi connectivity index (χ3v) is 13.0. The number of rotatable bonds is 11. The van der Waals surface area contributed by atoms with Gasteiger partial charge < -0.3 is 21.7 Å². The third-order valence-electron chi connectivity index (χ3n) is 8.61. The number of azo groups is 2. The molecule has 0 aliphatic heterocycles. The second-order valence-corrected chi connectivity index (χ2v) is 19.8. The van der Waals surface area contributed by atoms with E-state index in [1.165, 1.54) is 18.2 Å². The average molecular weight is 951 g/mol. The fourth-order valence-electron chi connectivity index (χ4n) is 5.87. The highest BCUT2D eigenvalue weighted by atomic mass is 32.2. The molecule has 0 saturated heterocycles. The molecule has 6 aromatic carbocycles. The first-order valence-electron chi connectivity index (χ1n) is 16.4. The van der Waals surface area contributed by atoms with Crippen LogP contribution in [0.2, 0.25) is 0 Å². The van der Waals surface area contributed by atoms with E-state index in [1.807, 2.05) is 0 Å². The molecule has 0 aromatic heterocycles. The Balaban J connectivity index is 1.39. The molecule has 0 aliphatic carbocycles. The smallest absolute Gasteiger partial charge is 0.296 e. The highest BCUT2D eigenvalue weighted by molar-refractivity contribution is 7.87. The summed E-state index contributed by atoms with van der Waals surface area (Å²) in [6.45, 7) is 0. The van der Waals surface area contributed by atoms with Gasteiger partial charge in [0.15, 0.2) is 11.5 Å². The molecule has 0 radical (unpaired) electrons. The number of fused-ring (bicyclic) bond motifs is 2. The molecule has 6 aromatic rings. The monoisotopic (exact) mass is 950 g/mol. The maximum Gasteiger partial charge on any atom is 0.296 e. The van der Waals surface area contributed by atoms with Gasteiger partial charge in [-0.1, -0.05) is 30.4 Å². The zero-order valence-corrected chi connectivity index (χ0v) is 34.4. The topological polar surface area (TPSA) is 414 Å². The molecule has 62 heavy (non-hydrogen) atoms. The maximum atomic E-state index is 12.5. The Morgan fingerprint density at radius 3 is 1.35 bits per heavy atom. The highest BCUT2D eigenvalue weighted by Gasteiger charge is 2.26. The molecule has 0 aliphatic rings. The fourth-order valence-corrected chi connectivity index (χ4v) is 9.15. The first kappa shape index (κ1) is 45.1. The predicted molar refractivity (Wildman–Crippen MR) is 219 cm³/mol. The van der Waals surface area contributed by atoms with Crippen molar-refractivity contribution in [1.29, 1.82) is 0 Å². The number of aromatic hydroxyl groups is 2. The molecule has 0 saturated carbocycles. The van der Waals surface area contributed by atoms with Crippen molar-refractivity contribution >= 4 is 118 Å². The molecule has 0 spiro atoms. The summed E-state index contributed by atoms with van der Waals surface area (Å²) in [7, 11) is -25.4. The molecule has 0 heterocycles. The lowest BCUT2D eigenvalue weighted by atomic mass is 10.1. The predicted octanol–water partition coefficient (Wildman–Crippen LogP) is 5.80. The van der Waals surface area contributed by atoms with Gasteiger partial charge in [-0.3, -0.25) is 22.8 Å². The maximum absolute atomic E-state index is 12.5. The number of nitrogens with two attached hydrogens (primary N) is 2. The van der Waals surface area contributed by atoms with E-state index in [9.17, 15) is 75.1 Å². The van der Waals surface area contributed by atoms with Crippen LogP contribution in [0.3, 0.4) is 0 Å². The van der Waals surface area contributed by atoms with Crippen molar-refractivity contribution in [1.82, 2.24) is 0 Å². The molecule has 0 amide bonds. The molecule has 11 N–H and O–H groups in total.